The third kappa shape index (κ3) is 1.42. The van der Waals surface area contributed by atoms with E-state index in [1.807, 2.05) is 0 Å². The van der Waals surface area contributed by atoms with Crippen LogP contribution in [0.2, 0.25) is 5.02 Å². The summed E-state index contributed by atoms with van der Waals surface area (Å²) in [6.07, 6.45) is 1.68. The zero-order valence-corrected chi connectivity index (χ0v) is 7.91. The summed E-state index contributed by atoms with van der Waals surface area (Å²) < 4.78 is 6.52. The van der Waals surface area contributed by atoms with Crippen LogP contribution in [0.25, 0.3) is 11.6 Å². The summed E-state index contributed by atoms with van der Waals surface area (Å²) >= 11 is 5.88. The van der Waals surface area contributed by atoms with Gasteiger partial charge in [-0.25, -0.2) is 0 Å². The molecule has 0 unspecified atom stereocenters. The van der Waals surface area contributed by atoms with Gasteiger partial charge in [0.25, 0.3) is 5.89 Å². The molecule has 0 amide bonds. The summed E-state index contributed by atoms with van der Waals surface area (Å²) in [7, 11) is 1.78. The Bertz CT molecular complexity index is 433. The second-order valence-electron chi connectivity index (χ2n) is 2.65. The SMILES string of the molecule is Cc1noc(-c2nn(C)cc2Cl)n1. The van der Waals surface area contributed by atoms with Crippen LogP contribution >= 0.6 is 11.6 Å². The van der Waals surface area contributed by atoms with E-state index < -0.39 is 0 Å². The average molecular weight is 199 g/mol. The van der Waals surface area contributed by atoms with Crippen molar-refractivity contribution in [1.29, 1.82) is 0 Å². The van der Waals surface area contributed by atoms with Gasteiger partial charge in [-0.15, -0.1) is 0 Å². The second kappa shape index (κ2) is 2.85. The van der Waals surface area contributed by atoms with Crippen LogP contribution in [-0.4, -0.2) is 19.9 Å². The third-order valence-electron chi connectivity index (χ3n) is 1.51. The minimum atomic E-state index is 0.350. The van der Waals surface area contributed by atoms with Crippen LogP contribution in [-0.2, 0) is 7.05 Å². The number of nitrogens with zero attached hydrogens (tertiary/aromatic N) is 4. The molecule has 0 bridgehead atoms. The van der Waals surface area contributed by atoms with Gasteiger partial charge in [-0.3, -0.25) is 4.68 Å². The van der Waals surface area contributed by atoms with Crippen molar-refractivity contribution in [2.45, 2.75) is 6.92 Å². The molecule has 6 heteroatoms. The monoisotopic (exact) mass is 198 g/mol. The van der Waals surface area contributed by atoms with Crippen LogP contribution in [0.15, 0.2) is 10.7 Å². The van der Waals surface area contributed by atoms with Crippen LogP contribution in [0, 0.1) is 6.92 Å². The fourth-order valence-electron chi connectivity index (χ4n) is 0.998. The first-order valence-corrected chi connectivity index (χ1v) is 4.04. The van der Waals surface area contributed by atoms with Crippen molar-refractivity contribution < 1.29 is 4.52 Å². The number of rotatable bonds is 1. The van der Waals surface area contributed by atoms with Crippen molar-refractivity contribution in [3.8, 4) is 11.6 Å². The van der Waals surface area contributed by atoms with Crippen molar-refractivity contribution in [2.75, 3.05) is 0 Å². The number of halogens is 1. The van der Waals surface area contributed by atoms with E-state index in [-0.39, 0.29) is 0 Å². The van der Waals surface area contributed by atoms with Crippen LogP contribution in [0.4, 0.5) is 0 Å². The molecule has 0 N–H and O–H groups in total. The maximum absolute atomic E-state index is 5.88. The molecule has 0 aromatic carbocycles. The van der Waals surface area contributed by atoms with Gasteiger partial charge in [-0.2, -0.15) is 10.1 Å². The van der Waals surface area contributed by atoms with Gasteiger partial charge in [-0.05, 0) is 6.92 Å². The summed E-state index contributed by atoms with van der Waals surface area (Å²) in [6.45, 7) is 1.74. The average Bonchev–Trinajstić information content (AvgIpc) is 2.58. The summed E-state index contributed by atoms with van der Waals surface area (Å²) in [4.78, 5) is 4.02. The van der Waals surface area contributed by atoms with Crippen molar-refractivity contribution in [3.63, 3.8) is 0 Å². The fourth-order valence-corrected chi connectivity index (χ4v) is 1.26. The first kappa shape index (κ1) is 8.25. The highest BCUT2D eigenvalue weighted by atomic mass is 35.5. The van der Waals surface area contributed by atoms with Crippen LogP contribution in [0.1, 0.15) is 5.82 Å². The van der Waals surface area contributed by atoms with E-state index >= 15 is 0 Å². The van der Waals surface area contributed by atoms with E-state index in [2.05, 4.69) is 15.2 Å². The lowest BCUT2D eigenvalue weighted by Crippen LogP contribution is -1.87. The maximum Gasteiger partial charge on any atom is 0.279 e. The summed E-state index contributed by atoms with van der Waals surface area (Å²) in [6, 6.07) is 0. The molecule has 2 aromatic heterocycles. The van der Waals surface area contributed by atoms with Crippen LogP contribution in [0.3, 0.4) is 0 Å². The van der Waals surface area contributed by atoms with E-state index in [1.165, 1.54) is 0 Å². The van der Waals surface area contributed by atoms with E-state index in [4.69, 9.17) is 16.1 Å². The predicted molar refractivity (Wildman–Crippen MR) is 46.2 cm³/mol. The van der Waals surface area contributed by atoms with Gasteiger partial charge < -0.3 is 4.52 Å². The quantitative estimate of drug-likeness (QED) is 0.696. The molecule has 0 atom stereocenters. The molecule has 0 aliphatic rings. The molecule has 0 fully saturated rings. The molecule has 0 aliphatic carbocycles. The highest BCUT2D eigenvalue weighted by Crippen LogP contribution is 2.23. The first-order chi connectivity index (χ1) is 6.16. The summed E-state index contributed by atoms with van der Waals surface area (Å²) in [5, 5.41) is 8.24. The Morgan fingerprint density at radius 2 is 2.31 bits per heavy atom. The maximum atomic E-state index is 5.88. The lowest BCUT2D eigenvalue weighted by atomic mass is 10.4. The van der Waals surface area contributed by atoms with Crippen LogP contribution in [0.5, 0.6) is 0 Å². The van der Waals surface area contributed by atoms with Gasteiger partial charge in [-0.1, -0.05) is 16.8 Å². The Hall–Kier alpha value is -1.36. The topological polar surface area (TPSA) is 56.7 Å². The Kier molecular flexibility index (Phi) is 1.81. The Balaban J connectivity index is 2.51. The molecular weight excluding hydrogens is 192 g/mol. The van der Waals surface area contributed by atoms with Gasteiger partial charge in [0.15, 0.2) is 11.5 Å². The molecular formula is C7H7ClN4O. The van der Waals surface area contributed by atoms with Crippen molar-refractivity contribution >= 4 is 11.6 Å². The zero-order valence-electron chi connectivity index (χ0n) is 7.15. The third-order valence-corrected chi connectivity index (χ3v) is 1.79. The lowest BCUT2D eigenvalue weighted by Gasteiger charge is -1.85. The number of hydrogen-bond acceptors (Lipinski definition) is 4. The predicted octanol–water partition coefficient (Wildman–Crippen LogP) is 1.43. The second-order valence-corrected chi connectivity index (χ2v) is 3.05. The summed E-state index contributed by atoms with van der Waals surface area (Å²) in [5.41, 5.74) is 0.518. The number of aromatic nitrogens is 4. The first-order valence-electron chi connectivity index (χ1n) is 3.66. The lowest BCUT2D eigenvalue weighted by molar-refractivity contribution is 0.424. The standard InChI is InChI=1S/C7H7ClN4O/c1-4-9-7(13-11-4)6-5(8)3-12(2)10-6/h3H,1-2H3. The molecule has 68 valence electrons. The summed E-state index contributed by atoms with van der Waals surface area (Å²) in [5.74, 6) is 0.916. The molecule has 5 nitrogen and oxygen atoms in total. The molecule has 2 rings (SSSR count). The fraction of sp³-hybridized carbons (Fsp3) is 0.286. The molecule has 0 spiro atoms. The highest BCUT2D eigenvalue weighted by molar-refractivity contribution is 6.32. The molecule has 13 heavy (non-hydrogen) atoms. The van der Waals surface area contributed by atoms with Crippen molar-refractivity contribution in [3.05, 3.63) is 17.0 Å². The number of aryl methyl sites for hydroxylation is 2. The van der Waals surface area contributed by atoms with Gasteiger partial charge >= 0.3 is 0 Å². The van der Waals surface area contributed by atoms with E-state index in [0.29, 0.717) is 22.4 Å². The Morgan fingerprint density at radius 3 is 2.77 bits per heavy atom. The highest BCUT2D eigenvalue weighted by Gasteiger charge is 2.14. The van der Waals surface area contributed by atoms with E-state index in [0.717, 1.165) is 0 Å². The minimum absolute atomic E-state index is 0.350. The van der Waals surface area contributed by atoms with Gasteiger partial charge in [0, 0.05) is 13.2 Å². The normalized spacial score (nSPS) is 10.7. The van der Waals surface area contributed by atoms with Crippen molar-refractivity contribution in [1.82, 2.24) is 19.9 Å². The van der Waals surface area contributed by atoms with Gasteiger partial charge in [0.2, 0.25) is 0 Å². The Labute approximate surface area is 79.3 Å². The van der Waals surface area contributed by atoms with E-state index in [1.54, 1.807) is 24.9 Å². The molecule has 0 radical (unpaired) electrons. The van der Waals surface area contributed by atoms with Gasteiger partial charge in [0.05, 0.1) is 5.02 Å². The van der Waals surface area contributed by atoms with Crippen LogP contribution < -0.4 is 0 Å². The smallest absolute Gasteiger partial charge is 0.279 e. The Morgan fingerprint density at radius 1 is 1.54 bits per heavy atom. The number of hydrogen-bond donors (Lipinski definition) is 0. The minimum Gasteiger partial charge on any atom is -0.332 e. The molecule has 0 aliphatic heterocycles. The molecule has 2 heterocycles. The van der Waals surface area contributed by atoms with Gasteiger partial charge in [0.1, 0.15) is 0 Å². The van der Waals surface area contributed by atoms with Crippen molar-refractivity contribution in [2.24, 2.45) is 7.05 Å². The molecule has 0 saturated carbocycles. The van der Waals surface area contributed by atoms with E-state index in [9.17, 15) is 0 Å². The molecule has 0 saturated heterocycles. The zero-order chi connectivity index (χ0) is 9.42. The largest absolute Gasteiger partial charge is 0.332 e. The molecule has 2 aromatic rings.